The van der Waals surface area contributed by atoms with Gasteiger partial charge in [-0.2, -0.15) is 0 Å². The van der Waals surface area contributed by atoms with E-state index in [1.54, 1.807) is 7.11 Å². The first-order chi connectivity index (χ1) is 8.93. The number of rotatable bonds is 9. The standard InChI is InChI=1S/C13H26N4O2/c1-10(2)14-8-11-16-17-12(19-11)15-9-13(3,4)6-7-18-5/h10,14H,6-9H2,1-5H3,(H,15,17). The quantitative estimate of drug-likeness (QED) is 0.715. The van der Waals surface area contributed by atoms with Gasteiger partial charge in [-0.05, 0) is 11.8 Å². The molecule has 0 bridgehead atoms. The van der Waals surface area contributed by atoms with E-state index in [2.05, 4.69) is 48.5 Å². The molecular weight excluding hydrogens is 244 g/mol. The summed E-state index contributed by atoms with van der Waals surface area (Å²) in [5.74, 6) is 0.603. The number of nitrogens with one attached hydrogen (secondary N) is 2. The summed E-state index contributed by atoms with van der Waals surface area (Å²) in [5, 5.41) is 14.4. The zero-order valence-electron chi connectivity index (χ0n) is 12.6. The van der Waals surface area contributed by atoms with Crippen molar-refractivity contribution in [2.45, 2.75) is 46.7 Å². The molecule has 0 spiro atoms. The van der Waals surface area contributed by atoms with Gasteiger partial charge in [0.1, 0.15) is 0 Å². The van der Waals surface area contributed by atoms with Crippen molar-refractivity contribution in [2.75, 3.05) is 25.6 Å². The Morgan fingerprint density at radius 1 is 1.32 bits per heavy atom. The number of anilines is 1. The van der Waals surface area contributed by atoms with Crippen molar-refractivity contribution in [3.8, 4) is 0 Å². The lowest BCUT2D eigenvalue weighted by molar-refractivity contribution is 0.156. The third kappa shape index (κ3) is 6.54. The number of hydrogen-bond acceptors (Lipinski definition) is 6. The average Bonchev–Trinajstić information content (AvgIpc) is 2.80. The minimum Gasteiger partial charge on any atom is -0.407 e. The van der Waals surface area contributed by atoms with Crippen LogP contribution >= 0.6 is 0 Å². The summed E-state index contributed by atoms with van der Waals surface area (Å²) >= 11 is 0. The lowest BCUT2D eigenvalue weighted by atomic mass is 9.90. The van der Waals surface area contributed by atoms with Gasteiger partial charge in [0.25, 0.3) is 0 Å². The maximum atomic E-state index is 5.51. The predicted molar refractivity (Wildman–Crippen MR) is 75.0 cm³/mol. The topological polar surface area (TPSA) is 72.2 Å². The zero-order chi connectivity index (χ0) is 14.3. The zero-order valence-corrected chi connectivity index (χ0v) is 12.6. The lowest BCUT2D eigenvalue weighted by Crippen LogP contribution is -2.24. The molecule has 110 valence electrons. The number of methoxy groups -OCH3 is 1. The smallest absolute Gasteiger partial charge is 0.315 e. The second-order valence-electron chi connectivity index (χ2n) is 5.80. The SMILES string of the molecule is COCCC(C)(C)CNc1nnc(CNC(C)C)o1. The van der Waals surface area contributed by atoms with Crippen molar-refractivity contribution >= 4 is 6.01 Å². The number of nitrogens with zero attached hydrogens (tertiary/aromatic N) is 2. The van der Waals surface area contributed by atoms with Crippen molar-refractivity contribution in [3.63, 3.8) is 0 Å². The van der Waals surface area contributed by atoms with E-state index in [1.165, 1.54) is 0 Å². The van der Waals surface area contributed by atoms with Gasteiger partial charge in [-0.15, -0.1) is 5.10 Å². The van der Waals surface area contributed by atoms with Gasteiger partial charge < -0.3 is 19.8 Å². The highest BCUT2D eigenvalue weighted by atomic mass is 16.5. The van der Waals surface area contributed by atoms with E-state index in [-0.39, 0.29) is 5.41 Å². The summed E-state index contributed by atoms with van der Waals surface area (Å²) in [6.45, 7) is 10.6. The maximum Gasteiger partial charge on any atom is 0.315 e. The first kappa shape index (κ1) is 15.9. The van der Waals surface area contributed by atoms with E-state index in [0.717, 1.165) is 19.6 Å². The van der Waals surface area contributed by atoms with Crippen LogP contribution in [0.2, 0.25) is 0 Å². The molecular formula is C13H26N4O2. The molecule has 2 N–H and O–H groups in total. The van der Waals surface area contributed by atoms with Crippen LogP contribution in [0.4, 0.5) is 6.01 Å². The Bertz CT molecular complexity index is 363. The third-order valence-electron chi connectivity index (χ3n) is 2.83. The minimum absolute atomic E-state index is 0.126. The molecule has 0 radical (unpaired) electrons. The average molecular weight is 270 g/mol. The Labute approximate surface area is 115 Å². The van der Waals surface area contributed by atoms with E-state index < -0.39 is 0 Å². The molecule has 0 fully saturated rings. The molecule has 0 saturated carbocycles. The van der Waals surface area contributed by atoms with Gasteiger partial charge in [-0.1, -0.05) is 32.8 Å². The molecule has 0 unspecified atom stereocenters. The fourth-order valence-corrected chi connectivity index (χ4v) is 1.47. The molecule has 6 heteroatoms. The maximum absolute atomic E-state index is 5.51. The van der Waals surface area contributed by atoms with Gasteiger partial charge in [0, 0.05) is 26.3 Å². The third-order valence-corrected chi connectivity index (χ3v) is 2.83. The molecule has 0 amide bonds. The Hall–Kier alpha value is -1.14. The van der Waals surface area contributed by atoms with Crippen molar-refractivity contribution in [2.24, 2.45) is 5.41 Å². The molecule has 19 heavy (non-hydrogen) atoms. The van der Waals surface area contributed by atoms with Crippen molar-refractivity contribution in [1.82, 2.24) is 15.5 Å². The van der Waals surface area contributed by atoms with Crippen LogP contribution in [0.3, 0.4) is 0 Å². The predicted octanol–water partition coefficient (Wildman–Crippen LogP) is 2.04. The van der Waals surface area contributed by atoms with E-state index in [0.29, 0.717) is 24.5 Å². The van der Waals surface area contributed by atoms with Gasteiger partial charge in [-0.25, -0.2) is 0 Å². The van der Waals surface area contributed by atoms with Crippen molar-refractivity contribution < 1.29 is 9.15 Å². The summed E-state index contributed by atoms with van der Waals surface area (Å²) in [5.41, 5.74) is 0.126. The van der Waals surface area contributed by atoms with Gasteiger partial charge in [-0.3, -0.25) is 0 Å². The number of hydrogen-bond donors (Lipinski definition) is 2. The second-order valence-corrected chi connectivity index (χ2v) is 5.80. The monoisotopic (exact) mass is 270 g/mol. The van der Waals surface area contributed by atoms with E-state index >= 15 is 0 Å². The van der Waals surface area contributed by atoms with Crippen molar-refractivity contribution in [1.29, 1.82) is 0 Å². The van der Waals surface area contributed by atoms with Crippen LogP contribution in [0.15, 0.2) is 4.42 Å². The molecule has 0 aliphatic carbocycles. The Morgan fingerprint density at radius 3 is 2.68 bits per heavy atom. The summed E-state index contributed by atoms with van der Waals surface area (Å²) in [6, 6.07) is 0.877. The van der Waals surface area contributed by atoms with Crippen LogP contribution in [-0.4, -0.2) is 36.5 Å². The van der Waals surface area contributed by atoms with Crippen LogP contribution in [0.1, 0.15) is 40.0 Å². The van der Waals surface area contributed by atoms with Crippen LogP contribution in [0.5, 0.6) is 0 Å². The first-order valence-corrected chi connectivity index (χ1v) is 6.71. The summed E-state index contributed by atoms with van der Waals surface area (Å²) in [4.78, 5) is 0. The Kier molecular flexibility index (Phi) is 6.24. The highest BCUT2D eigenvalue weighted by Crippen LogP contribution is 2.20. The van der Waals surface area contributed by atoms with Crippen molar-refractivity contribution in [3.05, 3.63) is 5.89 Å². The molecule has 1 aromatic heterocycles. The van der Waals surface area contributed by atoms with Crippen LogP contribution in [0.25, 0.3) is 0 Å². The fourth-order valence-electron chi connectivity index (χ4n) is 1.47. The highest BCUT2D eigenvalue weighted by Gasteiger charge is 2.18. The minimum atomic E-state index is 0.126. The van der Waals surface area contributed by atoms with Gasteiger partial charge in [0.2, 0.25) is 5.89 Å². The summed E-state index contributed by atoms with van der Waals surface area (Å²) in [7, 11) is 1.72. The molecule has 6 nitrogen and oxygen atoms in total. The molecule has 0 aliphatic rings. The molecule has 1 rings (SSSR count). The first-order valence-electron chi connectivity index (χ1n) is 6.71. The molecule has 0 saturated heterocycles. The number of aromatic nitrogens is 2. The molecule has 1 heterocycles. The van der Waals surface area contributed by atoms with Crippen LogP contribution < -0.4 is 10.6 Å². The second kappa shape index (κ2) is 7.45. The fraction of sp³-hybridized carbons (Fsp3) is 0.846. The van der Waals surface area contributed by atoms with E-state index in [1.807, 2.05) is 0 Å². The van der Waals surface area contributed by atoms with E-state index in [9.17, 15) is 0 Å². The van der Waals surface area contributed by atoms with Gasteiger partial charge >= 0.3 is 6.01 Å². The largest absolute Gasteiger partial charge is 0.407 e. The normalized spacial score (nSPS) is 12.1. The van der Waals surface area contributed by atoms with E-state index in [4.69, 9.17) is 9.15 Å². The van der Waals surface area contributed by atoms with Gasteiger partial charge in [0.15, 0.2) is 0 Å². The highest BCUT2D eigenvalue weighted by molar-refractivity contribution is 5.17. The summed E-state index contributed by atoms with van der Waals surface area (Å²) < 4.78 is 10.6. The molecule has 0 atom stereocenters. The summed E-state index contributed by atoms with van der Waals surface area (Å²) in [6.07, 6.45) is 0.979. The number of ether oxygens (including phenoxy) is 1. The lowest BCUT2D eigenvalue weighted by Gasteiger charge is -2.23. The molecule has 0 aromatic carbocycles. The molecule has 1 aromatic rings. The van der Waals surface area contributed by atoms with Crippen LogP contribution in [0, 0.1) is 5.41 Å². The van der Waals surface area contributed by atoms with Crippen LogP contribution in [-0.2, 0) is 11.3 Å². The Balaban J connectivity index is 2.37. The van der Waals surface area contributed by atoms with Gasteiger partial charge in [0.05, 0.1) is 6.54 Å². The Morgan fingerprint density at radius 2 is 2.05 bits per heavy atom. The molecule has 0 aliphatic heterocycles.